The fraction of sp³-hybridized carbons (Fsp3) is 0.364. The average Bonchev–Trinajstić information content (AvgIpc) is 2.17. The maximum absolute atomic E-state index is 12.1. The van der Waals surface area contributed by atoms with E-state index in [0.29, 0.717) is 10.6 Å². The number of nitrogens with one attached hydrogen (secondary N) is 1. The van der Waals surface area contributed by atoms with Crippen LogP contribution in [0, 0.1) is 0 Å². The van der Waals surface area contributed by atoms with Crippen LogP contribution in [0.15, 0.2) is 24.3 Å². The number of hydrogen-bond donors (Lipinski definition) is 1. The molecule has 1 N–H and O–H groups in total. The van der Waals surface area contributed by atoms with Crippen LogP contribution < -0.4 is 4.94 Å². The van der Waals surface area contributed by atoms with Crippen molar-refractivity contribution >= 4 is 29.3 Å². The largest absolute Gasteiger partial charge is 0.271 e. The first-order chi connectivity index (χ1) is 7.38. The molecule has 0 saturated carbocycles. The van der Waals surface area contributed by atoms with Crippen LogP contribution in [-0.2, 0) is 0 Å². The summed E-state index contributed by atoms with van der Waals surface area (Å²) in [6.45, 7) is 5.62. The normalized spacial score (nSPS) is 11.3. The van der Waals surface area contributed by atoms with Crippen LogP contribution in [0.4, 0.5) is 0 Å². The number of rotatable bonds is 2. The Bertz CT molecular complexity index is 388. The summed E-state index contributed by atoms with van der Waals surface area (Å²) in [5, 5.41) is 1.74. The van der Waals surface area contributed by atoms with Gasteiger partial charge >= 0.3 is 0 Å². The lowest BCUT2D eigenvalue weighted by Crippen LogP contribution is -2.50. The van der Waals surface area contributed by atoms with E-state index in [4.69, 9.17) is 23.4 Å². The second-order valence-electron chi connectivity index (χ2n) is 4.38. The summed E-state index contributed by atoms with van der Waals surface area (Å²) in [5.74, 6) is -0.256. The molecule has 0 atom stereocenters. The SMILES string of the molecule is CC(C)(C)N(NCl)C(=O)c1ccccc1Cl. The second-order valence-corrected chi connectivity index (χ2v) is 4.95. The summed E-state index contributed by atoms with van der Waals surface area (Å²) in [6.07, 6.45) is 0. The number of halogens is 2. The van der Waals surface area contributed by atoms with Crippen LogP contribution in [0.2, 0.25) is 5.02 Å². The van der Waals surface area contributed by atoms with Crippen molar-refractivity contribution in [3.63, 3.8) is 0 Å². The summed E-state index contributed by atoms with van der Waals surface area (Å²) in [5.41, 5.74) is -0.00916. The number of amides is 1. The van der Waals surface area contributed by atoms with E-state index in [1.165, 1.54) is 5.01 Å². The topological polar surface area (TPSA) is 32.3 Å². The number of carbonyl (C=O) groups is 1. The van der Waals surface area contributed by atoms with E-state index in [2.05, 4.69) is 4.94 Å². The van der Waals surface area contributed by atoms with Crippen molar-refractivity contribution in [1.29, 1.82) is 0 Å². The smallest absolute Gasteiger partial charge is 0.268 e. The zero-order valence-corrected chi connectivity index (χ0v) is 10.9. The molecular formula is C11H14Cl2N2O. The Morgan fingerprint density at radius 3 is 2.31 bits per heavy atom. The van der Waals surface area contributed by atoms with Crippen molar-refractivity contribution in [2.45, 2.75) is 26.3 Å². The predicted molar refractivity (Wildman–Crippen MR) is 66.4 cm³/mol. The number of hydrazine groups is 1. The van der Waals surface area contributed by atoms with E-state index < -0.39 is 5.54 Å². The highest BCUT2D eigenvalue weighted by Crippen LogP contribution is 2.20. The second kappa shape index (κ2) is 5.04. The molecule has 0 heterocycles. The molecule has 16 heavy (non-hydrogen) atoms. The fourth-order valence-electron chi connectivity index (χ4n) is 1.22. The zero-order valence-electron chi connectivity index (χ0n) is 9.42. The third-order valence-electron chi connectivity index (χ3n) is 2.06. The molecule has 0 aromatic heterocycles. The Morgan fingerprint density at radius 1 is 1.31 bits per heavy atom. The predicted octanol–water partition coefficient (Wildman–Crippen LogP) is 3.24. The molecule has 0 bridgehead atoms. The molecule has 0 spiro atoms. The minimum atomic E-state index is -0.433. The highest BCUT2D eigenvalue weighted by Gasteiger charge is 2.28. The van der Waals surface area contributed by atoms with Crippen LogP contribution in [0.1, 0.15) is 31.1 Å². The van der Waals surface area contributed by atoms with Gasteiger partial charge in [-0.05, 0) is 44.7 Å². The van der Waals surface area contributed by atoms with Gasteiger partial charge in [0, 0.05) is 0 Å². The summed E-state index contributed by atoms with van der Waals surface area (Å²) >= 11 is 11.5. The van der Waals surface area contributed by atoms with Crippen molar-refractivity contribution in [2.24, 2.45) is 0 Å². The monoisotopic (exact) mass is 260 g/mol. The van der Waals surface area contributed by atoms with Gasteiger partial charge in [-0.3, -0.25) is 9.80 Å². The van der Waals surface area contributed by atoms with Gasteiger partial charge in [0.2, 0.25) is 0 Å². The Balaban J connectivity index is 3.06. The van der Waals surface area contributed by atoms with E-state index in [9.17, 15) is 4.79 Å². The van der Waals surface area contributed by atoms with Crippen LogP contribution in [0.3, 0.4) is 0 Å². The molecule has 1 rings (SSSR count). The van der Waals surface area contributed by atoms with E-state index in [0.717, 1.165) is 0 Å². The molecule has 0 aliphatic rings. The Morgan fingerprint density at radius 2 is 1.88 bits per heavy atom. The van der Waals surface area contributed by atoms with Crippen LogP contribution in [0.25, 0.3) is 0 Å². The van der Waals surface area contributed by atoms with Gasteiger partial charge < -0.3 is 0 Å². The molecule has 1 aromatic carbocycles. The highest BCUT2D eigenvalue weighted by atomic mass is 35.5. The number of carbonyl (C=O) groups excluding carboxylic acids is 1. The Labute approximate surface area is 105 Å². The van der Waals surface area contributed by atoms with Crippen molar-refractivity contribution in [3.05, 3.63) is 34.9 Å². The molecule has 5 heteroatoms. The van der Waals surface area contributed by atoms with Gasteiger partial charge in [-0.15, -0.1) is 4.94 Å². The Hall–Kier alpha value is -0.770. The molecule has 1 aromatic rings. The van der Waals surface area contributed by atoms with E-state index in [1.807, 2.05) is 20.8 Å². The lowest BCUT2D eigenvalue weighted by molar-refractivity contribution is 0.0516. The molecular weight excluding hydrogens is 247 g/mol. The summed E-state index contributed by atoms with van der Waals surface area (Å²) in [6, 6.07) is 6.87. The molecule has 1 amide bonds. The lowest BCUT2D eigenvalue weighted by atomic mass is 10.1. The van der Waals surface area contributed by atoms with Crippen LogP contribution in [-0.4, -0.2) is 16.5 Å². The van der Waals surface area contributed by atoms with Gasteiger partial charge in [-0.1, -0.05) is 23.7 Å². The average molecular weight is 261 g/mol. The number of benzene rings is 1. The lowest BCUT2D eigenvalue weighted by Gasteiger charge is -2.33. The summed E-state index contributed by atoms with van der Waals surface area (Å²) < 4.78 is 0. The minimum Gasteiger partial charge on any atom is -0.268 e. The van der Waals surface area contributed by atoms with Crippen molar-refractivity contribution in [3.8, 4) is 0 Å². The first-order valence-electron chi connectivity index (χ1n) is 4.83. The van der Waals surface area contributed by atoms with Gasteiger partial charge in [0.1, 0.15) is 0 Å². The minimum absolute atomic E-state index is 0.256. The van der Waals surface area contributed by atoms with Gasteiger partial charge in [0.15, 0.2) is 0 Å². The molecule has 88 valence electrons. The Kier molecular flexibility index (Phi) is 4.19. The van der Waals surface area contributed by atoms with Crippen LogP contribution >= 0.6 is 23.4 Å². The van der Waals surface area contributed by atoms with Gasteiger partial charge in [0.05, 0.1) is 16.1 Å². The molecule has 0 radical (unpaired) electrons. The van der Waals surface area contributed by atoms with Crippen molar-refractivity contribution in [1.82, 2.24) is 9.95 Å². The molecule has 0 aliphatic carbocycles. The maximum atomic E-state index is 12.1. The van der Waals surface area contributed by atoms with Crippen molar-refractivity contribution in [2.75, 3.05) is 0 Å². The molecule has 0 unspecified atom stereocenters. The highest BCUT2D eigenvalue weighted by molar-refractivity contribution is 6.33. The number of hydrogen-bond acceptors (Lipinski definition) is 2. The number of nitrogens with zero attached hydrogens (tertiary/aromatic N) is 1. The maximum Gasteiger partial charge on any atom is 0.271 e. The summed E-state index contributed by atoms with van der Waals surface area (Å²) in [7, 11) is 0. The van der Waals surface area contributed by atoms with Gasteiger partial charge in [-0.2, -0.15) is 0 Å². The third-order valence-corrected chi connectivity index (χ3v) is 2.56. The van der Waals surface area contributed by atoms with Crippen LogP contribution in [0.5, 0.6) is 0 Å². The standard InChI is InChI=1S/C11H14Cl2N2O/c1-11(2,3)15(14-13)10(16)8-6-4-5-7-9(8)12/h4-7,14H,1-3H3. The first-order valence-corrected chi connectivity index (χ1v) is 5.59. The molecule has 0 aliphatic heterocycles. The fourth-order valence-corrected chi connectivity index (χ4v) is 1.77. The van der Waals surface area contributed by atoms with Gasteiger partial charge in [-0.25, -0.2) is 0 Å². The van der Waals surface area contributed by atoms with E-state index in [1.54, 1.807) is 24.3 Å². The third kappa shape index (κ3) is 2.88. The quantitative estimate of drug-likeness (QED) is 0.654. The van der Waals surface area contributed by atoms with E-state index >= 15 is 0 Å². The summed E-state index contributed by atoms with van der Waals surface area (Å²) in [4.78, 5) is 14.5. The molecule has 3 nitrogen and oxygen atoms in total. The zero-order chi connectivity index (χ0) is 12.3. The van der Waals surface area contributed by atoms with Crippen molar-refractivity contribution < 1.29 is 4.79 Å². The molecule has 0 saturated heterocycles. The van der Waals surface area contributed by atoms with E-state index in [-0.39, 0.29) is 5.91 Å². The first kappa shape index (κ1) is 13.3. The molecule has 0 fully saturated rings. The van der Waals surface area contributed by atoms with Gasteiger partial charge in [0.25, 0.3) is 5.91 Å².